The van der Waals surface area contributed by atoms with Crippen LogP contribution in [-0.2, 0) is 0 Å². The lowest BCUT2D eigenvalue weighted by molar-refractivity contribution is 1.16. The van der Waals surface area contributed by atoms with Crippen molar-refractivity contribution in [3.05, 3.63) is 175 Å². The minimum atomic E-state index is 0.237. The molecule has 0 aliphatic rings. The van der Waals surface area contributed by atoms with Crippen molar-refractivity contribution in [3.8, 4) is 27.9 Å². The predicted molar refractivity (Wildman–Crippen MR) is 213 cm³/mol. The summed E-state index contributed by atoms with van der Waals surface area (Å²) < 4.78 is 4.66. The second kappa shape index (κ2) is 12.3. The molecule has 0 aliphatic heterocycles. The highest BCUT2D eigenvalue weighted by molar-refractivity contribution is 7.26. The zero-order valence-corrected chi connectivity index (χ0v) is 28.2. The number of rotatable bonds is 5. The predicted octanol–water partition coefficient (Wildman–Crippen LogP) is 11.5. The summed E-state index contributed by atoms with van der Waals surface area (Å²) in [6, 6.07) is 57.7. The van der Waals surface area contributed by atoms with E-state index in [2.05, 4.69) is 131 Å². The second-order valence-electron chi connectivity index (χ2n) is 12.4. The van der Waals surface area contributed by atoms with E-state index in [1.807, 2.05) is 49.5 Å². The third-order valence-corrected chi connectivity index (χ3v) is 10.8. The van der Waals surface area contributed by atoms with Gasteiger partial charge < -0.3 is 9.88 Å². The molecule has 0 saturated carbocycles. The summed E-state index contributed by atoms with van der Waals surface area (Å²) in [7, 11) is 1.85. The van der Waals surface area contributed by atoms with Gasteiger partial charge in [0.15, 0.2) is 5.84 Å². The maximum Gasteiger partial charge on any atom is 0.155 e. The standard InChI is InChI=1S/C45H32N4S/c1-47-45(31-14-6-3-7-15-31)48-44(46)39-20-11-19-38-37-18-10-17-34(42(37)50-43(38)39)32-24-27-36-35-16-8-9-21-40(35)49(41(36)28-32)33-25-22-30(23-26-33)29-12-4-2-5-13-29/h2-28H,1H3,(H2,46,47,48). The van der Waals surface area contributed by atoms with E-state index in [1.165, 1.54) is 48.6 Å². The monoisotopic (exact) mass is 660 g/mol. The summed E-state index contributed by atoms with van der Waals surface area (Å²) in [5, 5.41) is 17.1. The average Bonchev–Trinajstić information content (AvgIpc) is 3.73. The highest BCUT2D eigenvalue weighted by atomic mass is 32.1. The number of hydrogen-bond donors (Lipinski definition) is 2. The molecule has 9 aromatic rings. The number of benzene rings is 7. The molecule has 50 heavy (non-hydrogen) atoms. The van der Waals surface area contributed by atoms with Gasteiger partial charge in [0, 0.05) is 54.8 Å². The Labute approximate surface area is 294 Å². The molecule has 4 nitrogen and oxygen atoms in total. The molecule has 2 heterocycles. The zero-order valence-electron chi connectivity index (χ0n) is 27.4. The van der Waals surface area contributed by atoms with Crippen molar-refractivity contribution < 1.29 is 0 Å². The molecule has 0 bridgehead atoms. The largest absolute Gasteiger partial charge is 0.373 e. The van der Waals surface area contributed by atoms with Crippen LogP contribution in [0.25, 0.3) is 69.9 Å². The lowest BCUT2D eigenvalue weighted by Gasteiger charge is -2.11. The van der Waals surface area contributed by atoms with E-state index < -0.39 is 0 Å². The van der Waals surface area contributed by atoms with Gasteiger partial charge in [-0.3, -0.25) is 5.41 Å². The molecule has 9 rings (SSSR count). The average molecular weight is 661 g/mol. The van der Waals surface area contributed by atoms with Crippen LogP contribution >= 0.6 is 11.3 Å². The zero-order chi connectivity index (χ0) is 33.6. The first-order chi connectivity index (χ1) is 24.7. The third-order valence-electron chi connectivity index (χ3n) is 9.50. The smallest absolute Gasteiger partial charge is 0.155 e. The van der Waals surface area contributed by atoms with Crippen LogP contribution in [0, 0.1) is 5.41 Å². The van der Waals surface area contributed by atoms with Gasteiger partial charge in [-0.2, -0.15) is 0 Å². The quantitative estimate of drug-likeness (QED) is 0.140. The Bertz CT molecular complexity index is 2740. The van der Waals surface area contributed by atoms with Gasteiger partial charge in [-0.15, -0.1) is 11.3 Å². The van der Waals surface area contributed by atoms with Crippen LogP contribution in [0.2, 0.25) is 0 Å². The number of aromatic nitrogens is 1. The molecular weight excluding hydrogens is 629 g/mol. The van der Waals surface area contributed by atoms with Crippen LogP contribution in [0.1, 0.15) is 11.1 Å². The number of nitrogens with zero attached hydrogens (tertiary/aromatic N) is 2. The summed E-state index contributed by atoms with van der Waals surface area (Å²) in [5.41, 5.74) is 10.0. The van der Waals surface area contributed by atoms with Gasteiger partial charge in [0.2, 0.25) is 0 Å². The van der Waals surface area contributed by atoms with Crippen molar-refractivity contribution in [3.63, 3.8) is 0 Å². The van der Waals surface area contributed by atoms with Crippen molar-refractivity contribution in [2.24, 2.45) is 4.99 Å². The van der Waals surface area contributed by atoms with Crippen molar-refractivity contribution in [1.82, 2.24) is 9.88 Å². The van der Waals surface area contributed by atoms with E-state index in [4.69, 9.17) is 10.4 Å². The van der Waals surface area contributed by atoms with E-state index in [9.17, 15) is 0 Å². The first kappa shape index (κ1) is 29.8. The Morgan fingerprint density at radius 3 is 1.96 bits per heavy atom. The Balaban J connectivity index is 1.18. The summed E-state index contributed by atoms with van der Waals surface area (Å²) in [4.78, 5) is 4.75. The fraction of sp³-hybridized carbons (Fsp3) is 0.0222. The molecule has 0 saturated heterocycles. The first-order valence-electron chi connectivity index (χ1n) is 16.7. The van der Waals surface area contributed by atoms with E-state index in [0.29, 0.717) is 5.84 Å². The van der Waals surface area contributed by atoms with Crippen molar-refractivity contribution in [2.45, 2.75) is 0 Å². The number of hydrogen-bond acceptors (Lipinski definition) is 2. The lowest BCUT2D eigenvalue weighted by atomic mass is 10.0. The van der Waals surface area contributed by atoms with Crippen LogP contribution < -0.4 is 5.32 Å². The maximum absolute atomic E-state index is 9.07. The fourth-order valence-corrected chi connectivity index (χ4v) is 8.47. The lowest BCUT2D eigenvalue weighted by Crippen LogP contribution is -2.21. The Morgan fingerprint density at radius 1 is 0.560 bits per heavy atom. The number of nitrogens with one attached hydrogen (secondary N) is 2. The van der Waals surface area contributed by atoms with Crippen LogP contribution in [0.3, 0.4) is 0 Å². The van der Waals surface area contributed by atoms with Gasteiger partial charge in [-0.05, 0) is 52.6 Å². The van der Waals surface area contributed by atoms with Crippen LogP contribution in [0.5, 0.6) is 0 Å². The highest BCUT2D eigenvalue weighted by Crippen LogP contribution is 2.43. The van der Waals surface area contributed by atoms with Gasteiger partial charge in [-0.25, -0.2) is 4.99 Å². The van der Waals surface area contributed by atoms with E-state index in [0.717, 1.165) is 32.5 Å². The number of amidine groups is 2. The van der Waals surface area contributed by atoms with E-state index >= 15 is 0 Å². The number of aliphatic imine (C=N–C) groups is 1. The SMILES string of the molecule is CN/C(=N\C(=N)c1cccc2c1sc1c(-c3ccc4c5ccccc5n(-c5ccc(-c6ccccc6)cc5)c4c3)cccc12)c1ccccc1. The minimum absolute atomic E-state index is 0.237. The number of fused-ring (bicyclic) bond motifs is 6. The Hall–Kier alpha value is -6.30. The Kier molecular flexibility index (Phi) is 7.33. The van der Waals surface area contributed by atoms with Crippen molar-refractivity contribution in [2.75, 3.05) is 7.05 Å². The summed E-state index contributed by atoms with van der Waals surface area (Å²) in [6.45, 7) is 0. The molecular formula is C45H32N4S. The fourth-order valence-electron chi connectivity index (χ4n) is 7.12. The summed E-state index contributed by atoms with van der Waals surface area (Å²) >= 11 is 1.74. The molecule has 0 unspecified atom stereocenters. The molecule has 2 N–H and O–H groups in total. The number of para-hydroxylation sites is 1. The molecule has 5 heteroatoms. The molecule has 238 valence electrons. The molecule has 7 aromatic carbocycles. The van der Waals surface area contributed by atoms with Crippen molar-refractivity contribution in [1.29, 1.82) is 5.41 Å². The normalized spacial score (nSPS) is 11.9. The van der Waals surface area contributed by atoms with Gasteiger partial charge >= 0.3 is 0 Å². The molecule has 0 fully saturated rings. The molecule has 0 spiro atoms. The second-order valence-corrected chi connectivity index (χ2v) is 13.4. The molecule has 0 aliphatic carbocycles. The highest BCUT2D eigenvalue weighted by Gasteiger charge is 2.18. The minimum Gasteiger partial charge on any atom is -0.373 e. The van der Waals surface area contributed by atoms with Gasteiger partial charge in [0.05, 0.1) is 11.0 Å². The van der Waals surface area contributed by atoms with Gasteiger partial charge in [0.25, 0.3) is 0 Å². The van der Waals surface area contributed by atoms with Gasteiger partial charge in [0.1, 0.15) is 5.84 Å². The Morgan fingerprint density at radius 2 is 1.18 bits per heavy atom. The third kappa shape index (κ3) is 4.99. The topological polar surface area (TPSA) is 53.2 Å². The maximum atomic E-state index is 9.07. The van der Waals surface area contributed by atoms with Crippen molar-refractivity contribution >= 4 is 65.0 Å². The molecule has 0 radical (unpaired) electrons. The van der Waals surface area contributed by atoms with Gasteiger partial charge in [-0.1, -0.05) is 133 Å². The first-order valence-corrected chi connectivity index (χ1v) is 17.5. The summed E-state index contributed by atoms with van der Waals surface area (Å²) in [5.74, 6) is 0.911. The van der Waals surface area contributed by atoms with E-state index in [1.54, 1.807) is 11.3 Å². The molecule has 0 atom stereocenters. The van der Waals surface area contributed by atoms with E-state index in [-0.39, 0.29) is 5.84 Å². The summed E-state index contributed by atoms with van der Waals surface area (Å²) in [6.07, 6.45) is 0. The number of thiophene rings is 1. The van der Waals surface area contributed by atoms with Crippen LogP contribution in [0.4, 0.5) is 0 Å². The molecule has 2 aromatic heterocycles. The van der Waals surface area contributed by atoms with Crippen LogP contribution in [-0.4, -0.2) is 23.3 Å². The molecule has 0 amide bonds. The van der Waals surface area contributed by atoms with Crippen LogP contribution in [0.15, 0.2) is 169 Å².